The third kappa shape index (κ3) is 4.12. The van der Waals surface area contributed by atoms with E-state index in [0.29, 0.717) is 12.6 Å². The van der Waals surface area contributed by atoms with Crippen molar-refractivity contribution in [3.63, 3.8) is 0 Å². The highest BCUT2D eigenvalue weighted by Crippen LogP contribution is 2.29. The predicted molar refractivity (Wildman–Crippen MR) is 104 cm³/mol. The average molecular weight is 344 g/mol. The van der Waals surface area contributed by atoms with Crippen molar-refractivity contribution in [2.45, 2.75) is 38.5 Å². The zero-order valence-electron chi connectivity index (χ0n) is 14.9. The van der Waals surface area contributed by atoms with E-state index in [1.807, 2.05) is 24.3 Å². The fourth-order valence-electron chi connectivity index (χ4n) is 3.59. The first-order valence-corrected chi connectivity index (χ1v) is 9.31. The average Bonchev–Trinajstić information content (AvgIpc) is 2.72. The van der Waals surface area contributed by atoms with E-state index in [-0.39, 0.29) is 0 Å². The summed E-state index contributed by atoms with van der Waals surface area (Å²) in [6, 6.07) is 23.4. The van der Waals surface area contributed by atoms with Crippen LogP contribution in [0, 0.1) is 0 Å². The topological polar surface area (TPSA) is 34.1 Å². The summed E-state index contributed by atoms with van der Waals surface area (Å²) < 4.78 is 5.89. The van der Waals surface area contributed by atoms with E-state index in [9.17, 15) is 0 Å². The zero-order valence-corrected chi connectivity index (χ0v) is 14.9. The predicted octanol–water partition coefficient (Wildman–Crippen LogP) is 4.83. The lowest BCUT2D eigenvalue weighted by Crippen LogP contribution is -2.24. The molecule has 3 aromatic rings. The second kappa shape index (κ2) is 8.15. The van der Waals surface area contributed by atoms with E-state index in [1.165, 1.54) is 36.0 Å². The number of rotatable bonds is 6. The summed E-state index contributed by atoms with van der Waals surface area (Å²) in [6.07, 6.45) is 5.45. The number of nitrogens with one attached hydrogen (secondary N) is 1. The van der Waals surface area contributed by atoms with Gasteiger partial charge in [0, 0.05) is 18.8 Å². The Morgan fingerprint density at radius 1 is 1.00 bits per heavy atom. The molecule has 0 spiro atoms. The number of pyridine rings is 1. The molecule has 0 saturated carbocycles. The van der Waals surface area contributed by atoms with Gasteiger partial charge in [0.1, 0.15) is 12.4 Å². The van der Waals surface area contributed by atoms with Gasteiger partial charge in [0.05, 0.1) is 5.69 Å². The highest BCUT2D eigenvalue weighted by molar-refractivity contribution is 5.33. The van der Waals surface area contributed by atoms with E-state index in [4.69, 9.17) is 4.74 Å². The largest absolute Gasteiger partial charge is 0.487 e. The van der Waals surface area contributed by atoms with Crippen molar-refractivity contribution in [1.29, 1.82) is 0 Å². The monoisotopic (exact) mass is 344 g/mol. The zero-order chi connectivity index (χ0) is 17.6. The van der Waals surface area contributed by atoms with Gasteiger partial charge in [-0.15, -0.1) is 0 Å². The standard InChI is InChI=1S/C23H24N2O/c1-2-12-22-19(8-1)9-6-13-23(22)25-16-18-7-5-11-21(15-18)26-17-20-10-3-4-14-24-20/h1-5,7-8,10-12,14-15,23,25H,6,9,13,16-17H2/t23-/m1/s1. The van der Waals surface area contributed by atoms with Gasteiger partial charge in [-0.3, -0.25) is 4.98 Å². The Bertz CT molecular complexity index is 848. The third-order valence-electron chi connectivity index (χ3n) is 4.93. The van der Waals surface area contributed by atoms with Gasteiger partial charge in [-0.05, 0) is 60.2 Å². The molecule has 1 aliphatic rings. The molecule has 3 nitrogen and oxygen atoms in total. The van der Waals surface area contributed by atoms with Crippen LogP contribution in [0.15, 0.2) is 72.9 Å². The highest BCUT2D eigenvalue weighted by Gasteiger charge is 2.18. The molecule has 3 heteroatoms. The minimum absolute atomic E-state index is 0.443. The molecule has 0 unspecified atom stereocenters. The van der Waals surface area contributed by atoms with Gasteiger partial charge in [-0.2, -0.15) is 0 Å². The molecule has 132 valence electrons. The maximum Gasteiger partial charge on any atom is 0.130 e. The molecule has 26 heavy (non-hydrogen) atoms. The van der Waals surface area contributed by atoms with Gasteiger partial charge in [0.25, 0.3) is 0 Å². The van der Waals surface area contributed by atoms with E-state index in [1.54, 1.807) is 6.20 Å². The summed E-state index contributed by atoms with van der Waals surface area (Å²) in [5.74, 6) is 0.888. The molecule has 0 amide bonds. The number of hydrogen-bond acceptors (Lipinski definition) is 3. The van der Waals surface area contributed by atoms with Gasteiger partial charge in [0.2, 0.25) is 0 Å². The summed E-state index contributed by atoms with van der Waals surface area (Å²) in [4.78, 5) is 4.30. The van der Waals surface area contributed by atoms with Crippen LogP contribution in [-0.4, -0.2) is 4.98 Å². The third-order valence-corrected chi connectivity index (χ3v) is 4.93. The first kappa shape index (κ1) is 16.8. The SMILES string of the molecule is c1ccc(COc2cccc(CN[C@@H]3CCCc4ccccc43)c2)nc1. The Morgan fingerprint density at radius 2 is 1.92 bits per heavy atom. The molecule has 0 fully saturated rings. The number of benzene rings is 2. The van der Waals surface area contributed by atoms with E-state index in [0.717, 1.165) is 18.0 Å². The lowest BCUT2D eigenvalue weighted by molar-refractivity contribution is 0.301. The van der Waals surface area contributed by atoms with Crippen molar-refractivity contribution in [1.82, 2.24) is 10.3 Å². The van der Waals surface area contributed by atoms with Crippen molar-refractivity contribution in [2.75, 3.05) is 0 Å². The fourth-order valence-corrected chi connectivity index (χ4v) is 3.59. The van der Waals surface area contributed by atoms with Crippen LogP contribution in [0.5, 0.6) is 5.75 Å². The van der Waals surface area contributed by atoms with Gasteiger partial charge in [-0.1, -0.05) is 42.5 Å². The lowest BCUT2D eigenvalue weighted by atomic mass is 9.87. The minimum atomic E-state index is 0.443. The molecule has 1 aromatic heterocycles. The molecule has 0 aliphatic heterocycles. The van der Waals surface area contributed by atoms with Gasteiger partial charge in [-0.25, -0.2) is 0 Å². The Balaban J connectivity index is 1.37. The number of hydrogen-bond donors (Lipinski definition) is 1. The van der Waals surface area contributed by atoms with Crippen LogP contribution in [0.4, 0.5) is 0 Å². The molecule has 0 bridgehead atoms. The summed E-state index contributed by atoms with van der Waals surface area (Å²) in [7, 11) is 0. The summed E-state index contributed by atoms with van der Waals surface area (Å²) in [6.45, 7) is 1.34. The van der Waals surface area contributed by atoms with Crippen molar-refractivity contribution in [3.8, 4) is 5.75 Å². The molecule has 1 aliphatic carbocycles. The van der Waals surface area contributed by atoms with Crippen LogP contribution >= 0.6 is 0 Å². The molecule has 1 N–H and O–H groups in total. The summed E-state index contributed by atoms with van der Waals surface area (Å²) in [5.41, 5.74) is 5.13. The first-order valence-electron chi connectivity index (χ1n) is 9.31. The van der Waals surface area contributed by atoms with Crippen LogP contribution < -0.4 is 10.1 Å². The molecular formula is C23H24N2O. The van der Waals surface area contributed by atoms with Gasteiger partial charge < -0.3 is 10.1 Å². The summed E-state index contributed by atoms with van der Waals surface area (Å²) >= 11 is 0. The minimum Gasteiger partial charge on any atom is -0.487 e. The van der Waals surface area contributed by atoms with Crippen molar-refractivity contribution < 1.29 is 4.74 Å². The molecule has 0 saturated heterocycles. The van der Waals surface area contributed by atoms with Crippen LogP contribution in [0.25, 0.3) is 0 Å². The molecule has 2 aromatic carbocycles. The summed E-state index contributed by atoms with van der Waals surface area (Å²) in [5, 5.41) is 3.73. The quantitative estimate of drug-likeness (QED) is 0.695. The maximum absolute atomic E-state index is 5.89. The van der Waals surface area contributed by atoms with Crippen LogP contribution in [0.1, 0.15) is 41.3 Å². The van der Waals surface area contributed by atoms with Crippen LogP contribution in [-0.2, 0) is 19.6 Å². The van der Waals surface area contributed by atoms with E-state index in [2.05, 4.69) is 52.8 Å². The number of nitrogens with zero attached hydrogens (tertiary/aromatic N) is 1. The Labute approximate surface area is 155 Å². The second-order valence-electron chi connectivity index (χ2n) is 6.78. The van der Waals surface area contributed by atoms with Crippen LogP contribution in [0.3, 0.4) is 0 Å². The Morgan fingerprint density at radius 3 is 2.85 bits per heavy atom. The fraction of sp³-hybridized carbons (Fsp3) is 0.261. The highest BCUT2D eigenvalue weighted by atomic mass is 16.5. The first-order chi connectivity index (χ1) is 12.9. The Kier molecular flexibility index (Phi) is 5.27. The molecular weight excluding hydrogens is 320 g/mol. The molecule has 1 atom stereocenters. The van der Waals surface area contributed by atoms with E-state index < -0.39 is 0 Å². The van der Waals surface area contributed by atoms with Gasteiger partial charge >= 0.3 is 0 Å². The number of fused-ring (bicyclic) bond motifs is 1. The molecule has 4 rings (SSSR count). The second-order valence-corrected chi connectivity index (χ2v) is 6.78. The smallest absolute Gasteiger partial charge is 0.130 e. The van der Waals surface area contributed by atoms with Crippen LogP contribution in [0.2, 0.25) is 0 Å². The lowest BCUT2D eigenvalue weighted by Gasteiger charge is -2.26. The van der Waals surface area contributed by atoms with Gasteiger partial charge in [0.15, 0.2) is 0 Å². The molecule has 0 radical (unpaired) electrons. The number of aryl methyl sites for hydroxylation is 1. The van der Waals surface area contributed by atoms with E-state index >= 15 is 0 Å². The normalized spacial score (nSPS) is 16.1. The van der Waals surface area contributed by atoms with Crippen molar-refractivity contribution >= 4 is 0 Å². The van der Waals surface area contributed by atoms with Crippen molar-refractivity contribution in [2.24, 2.45) is 0 Å². The molecule has 1 heterocycles. The Hall–Kier alpha value is -2.65. The number of ether oxygens (including phenoxy) is 1. The maximum atomic E-state index is 5.89. The number of aromatic nitrogens is 1. The van der Waals surface area contributed by atoms with Crippen molar-refractivity contribution in [3.05, 3.63) is 95.3 Å².